The Bertz CT molecular complexity index is 880. The van der Waals surface area contributed by atoms with Crippen molar-refractivity contribution in [2.75, 3.05) is 6.61 Å². The first kappa shape index (κ1) is 20.6. The van der Waals surface area contributed by atoms with E-state index in [4.69, 9.17) is 0 Å². The molecule has 8 atom stereocenters. The molecule has 5 nitrogen and oxygen atoms in total. The van der Waals surface area contributed by atoms with Gasteiger partial charge in [0.2, 0.25) is 0 Å². The molecule has 4 aliphatic rings. The zero-order valence-corrected chi connectivity index (χ0v) is 16.5. The third-order valence-electron chi connectivity index (χ3n) is 8.37. The predicted octanol–water partition coefficient (Wildman–Crippen LogP) is 1.76. The SMILES string of the molecule is C=C1C[C@H]2[C@@H]3CC(F)C4=CC(=O)C=C[C@]4(C)[C@@]3(F)[C@@H](O)C[C@]2(C)[C@@]1(O)C(=O)CO. The zero-order chi connectivity index (χ0) is 21.6. The summed E-state index contributed by atoms with van der Waals surface area (Å²) in [6, 6.07) is 0. The summed E-state index contributed by atoms with van der Waals surface area (Å²) in [5, 5.41) is 31.7. The topological polar surface area (TPSA) is 94.8 Å². The quantitative estimate of drug-likeness (QED) is 0.606. The van der Waals surface area contributed by atoms with Crippen LogP contribution in [0.4, 0.5) is 8.78 Å². The van der Waals surface area contributed by atoms with Crippen molar-refractivity contribution >= 4 is 11.6 Å². The molecular weight excluding hydrogens is 382 g/mol. The van der Waals surface area contributed by atoms with E-state index in [0.717, 1.165) is 6.08 Å². The van der Waals surface area contributed by atoms with Crippen molar-refractivity contribution < 1.29 is 33.7 Å². The van der Waals surface area contributed by atoms with Crippen molar-refractivity contribution in [3.8, 4) is 0 Å². The van der Waals surface area contributed by atoms with Gasteiger partial charge in [-0.25, -0.2) is 8.78 Å². The van der Waals surface area contributed by atoms with E-state index in [0.29, 0.717) is 0 Å². The van der Waals surface area contributed by atoms with E-state index in [9.17, 15) is 24.9 Å². The summed E-state index contributed by atoms with van der Waals surface area (Å²) in [7, 11) is 0. The normalized spacial score (nSPS) is 51.2. The van der Waals surface area contributed by atoms with Gasteiger partial charge in [0.25, 0.3) is 0 Å². The molecule has 1 unspecified atom stereocenters. The molecule has 0 saturated heterocycles. The summed E-state index contributed by atoms with van der Waals surface area (Å²) in [6.45, 7) is 5.96. The number of rotatable bonds is 2. The molecule has 0 aromatic carbocycles. The fourth-order valence-corrected chi connectivity index (χ4v) is 6.79. The molecule has 0 aromatic heterocycles. The lowest BCUT2D eigenvalue weighted by Gasteiger charge is -2.62. The van der Waals surface area contributed by atoms with Gasteiger partial charge in [-0.05, 0) is 55.4 Å². The number of alkyl halides is 2. The molecule has 0 spiro atoms. The monoisotopic (exact) mass is 408 g/mol. The van der Waals surface area contributed by atoms with Gasteiger partial charge in [-0.3, -0.25) is 9.59 Å². The Hall–Kier alpha value is -1.70. The molecule has 0 aliphatic heterocycles. The second-order valence-corrected chi connectivity index (χ2v) is 9.46. The van der Waals surface area contributed by atoms with Gasteiger partial charge < -0.3 is 15.3 Å². The van der Waals surface area contributed by atoms with E-state index in [2.05, 4.69) is 6.58 Å². The minimum atomic E-state index is -2.28. The second kappa shape index (κ2) is 5.93. The molecule has 4 aliphatic carbocycles. The third-order valence-corrected chi connectivity index (χ3v) is 8.37. The number of aliphatic hydroxyl groups is 3. The first-order valence-electron chi connectivity index (χ1n) is 9.89. The lowest BCUT2D eigenvalue weighted by molar-refractivity contribution is -0.220. The minimum Gasteiger partial charge on any atom is -0.390 e. The van der Waals surface area contributed by atoms with Gasteiger partial charge in [0.05, 0.1) is 6.10 Å². The standard InChI is InChI=1S/C22H26F2O5/c1-11-6-13-14-8-16(23)15-7-12(26)4-5-19(15,2)21(14,24)17(27)9-20(13,3)22(11,29)18(28)10-25/h4-5,7,13-14,16-17,25,27,29H,1,6,8-10H2,2-3H3/t13-,14-,16?,17-,19-,20-,21-,22-/m0/s1. The predicted molar refractivity (Wildman–Crippen MR) is 100 cm³/mol. The van der Waals surface area contributed by atoms with E-state index < -0.39 is 64.4 Å². The van der Waals surface area contributed by atoms with Gasteiger partial charge in [-0.15, -0.1) is 0 Å². The lowest BCUT2D eigenvalue weighted by atomic mass is 9.44. The second-order valence-electron chi connectivity index (χ2n) is 9.46. The lowest BCUT2D eigenvalue weighted by Crippen LogP contribution is -2.70. The van der Waals surface area contributed by atoms with E-state index in [1.165, 1.54) is 19.1 Å². The number of hydrogen-bond acceptors (Lipinski definition) is 5. The summed E-state index contributed by atoms with van der Waals surface area (Å²) in [5.41, 5.74) is -7.05. The van der Waals surface area contributed by atoms with Crippen LogP contribution < -0.4 is 0 Å². The average Bonchev–Trinajstić information content (AvgIpc) is 2.86. The highest BCUT2D eigenvalue weighted by Crippen LogP contribution is 2.70. The summed E-state index contributed by atoms with van der Waals surface area (Å²) in [5.74, 6) is -2.95. The highest BCUT2D eigenvalue weighted by molar-refractivity contribution is 6.01. The van der Waals surface area contributed by atoms with E-state index >= 15 is 8.78 Å². The number of Topliss-reactive ketones (excluding diaryl/α,β-unsaturated/α-hetero) is 1. The maximum absolute atomic E-state index is 16.8. The van der Waals surface area contributed by atoms with Gasteiger partial charge in [0.1, 0.15) is 12.8 Å². The van der Waals surface area contributed by atoms with Crippen molar-refractivity contribution in [1.82, 2.24) is 0 Å². The molecule has 7 heteroatoms. The molecule has 3 saturated carbocycles. The largest absolute Gasteiger partial charge is 0.390 e. The smallest absolute Gasteiger partial charge is 0.194 e. The summed E-state index contributed by atoms with van der Waals surface area (Å²) < 4.78 is 32.0. The highest BCUT2D eigenvalue weighted by Gasteiger charge is 2.76. The van der Waals surface area contributed by atoms with Gasteiger partial charge in [0, 0.05) is 16.7 Å². The number of fused-ring (bicyclic) bond motifs is 5. The Morgan fingerprint density at radius 1 is 1.34 bits per heavy atom. The third kappa shape index (κ3) is 2.13. The number of ketones is 2. The maximum Gasteiger partial charge on any atom is 0.194 e. The van der Waals surface area contributed by atoms with Crippen LogP contribution in [0.1, 0.15) is 33.1 Å². The zero-order valence-electron chi connectivity index (χ0n) is 16.5. The van der Waals surface area contributed by atoms with E-state index in [-0.39, 0.29) is 30.4 Å². The molecule has 0 heterocycles. The summed E-state index contributed by atoms with van der Waals surface area (Å²) >= 11 is 0. The molecule has 3 N–H and O–H groups in total. The molecule has 0 aromatic rings. The van der Waals surface area contributed by atoms with Gasteiger partial charge >= 0.3 is 0 Å². The Labute approximate surface area is 167 Å². The van der Waals surface area contributed by atoms with Crippen LogP contribution in [0.15, 0.2) is 36.0 Å². The number of carbonyl (C=O) groups is 2. The number of aliphatic hydroxyl groups excluding tert-OH is 2. The molecule has 3 fully saturated rings. The molecule has 29 heavy (non-hydrogen) atoms. The molecule has 0 radical (unpaired) electrons. The summed E-state index contributed by atoms with van der Waals surface area (Å²) in [6.07, 6.45) is 0.00254. The van der Waals surface area contributed by atoms with Crippen molar-refractivity contribution in [3.05, 3.63) is 36.0 Å². The molecule has 0 bridgehead atoms. The highest BCUT2D eigenvalue weighted by atomic mass is 19.1. The van der Waals surface area contributed by atoms with Crippen LogP contribution in [0, 0.1) is 22.7 Å². The van der Waals surface area contributed by atoms with E-state index in [1.54, 1.807) is 6.92 Å². The first-order valence-corrected chi connectivity index (χ1v) is 9.89. The number of hydrogen-bond donors (Lipinski definition) is 3. The van der Waals surface area contributed by atoms with Crippen LogP contribution in [-0.2, 0) is 9.59 Å². The molecular formula is C22H26F2O5. The van der Waals surface area contributed by atoms with Crippen molar-refractivity contribution in [2.45, 2.75) is 56.7 Å². The van der Waals surface area contributed by atoms with Crippen LogP contribution >= 0.6 is 0 Å². The van der Waals surface area contributed by atoms with Gasteiger partial charge in [0.15, 0.2) is 22.8 Å². The maximum atomic E-state index is 16.8. The van der Waals surface area contributed by atoms with Crippen molar-refractivity contribution in [2.24, 2.45) is 22.7 Å². The summed E-state index contributed by atoms with van der Waals surface area (Å²) in [4.78, 5) is 24.3. The Morgan fingerprint density at radius 2 is 2.00 bits per heavy atom. The number of allylic oxidation sites excluding steroid dienone is 4. The van der Waals surface area contributed by atoms with Crippen LogP contribution in [0.2, 0.25) is 0 Å². The van der Waals surface area contributed by atoms with Crippen LogP contribution in [-0.4, -0.2) is 57.0 Å². The minimum absolute atomic E-state index is 0.0184. The number of halogens is 2. The van der Waals surface area contributed by atoms with Crippen LogP contribution in [0.5, 0.6) is 0 Å². The Kier molecular flexibility index (Phi) is 4.20. The fraction of sp³-hybridized carbons (Fsp3) is 0.636. The fourth-order valence-electron chi connectivity index (χ4n) is 6.79. The average molecular weight is 408 g/mol. The van der Waals surface area contributed by atoms with Gasteiger partial charge in [-0.1, -0.05) is 19.6 Å². The van der Waals surface area contributed by atoms with E-state index in [1.807, 2.05) is 0 Å². The Morgan fingerprint density at radius 3 is 2.62 bits per heavy atom. The van der Waals surface area contributed by atoms with Gasteiger partial charge in [-0.2, -0.15) is 0 Å². The molecule has 158 valence electrons. The van der Waals surface area contributed by atoms with Crippen molar-refractivity contribution in [1.29, 1.82) is 0 Å². The Balaban J connectivity index is 1.88. The molecule has 0 amide bonds. The number of carbonyl (C=O) groups excluding carboxylic acids is 2. The molecule has 4 rings (SSSR count). The first-order chi connectivity index (χ1) is 13.4. The van der Waals surface area contributed by atoms with Crippen molar-refractivity contribution in [3.63, 3.8) is 0 Å². The van der Waals surface area contributed by atoms with Crippen LogP contribution in [0.3, 0.4) is 0 Å². The van der Waals surface area contributed by atoms with Crippen LogP contribution in [0.25, 0.3) is 0 Å².